The molecule has 0 aromatic heterocycles. The quantitative estimate of drug-likeness (QED) is 0.730. The number of rotatable bonds is 5. The number of aliphatic hydroxyl groups is 1. The van der Waals surface area contributed by atoms with Gasteiger partial charge < -0.3 is 15.7 Å². The lowest BCUT2D eigenvalue weighted by Gasteiger charge is -2.14. The molecule has 128 valence electrons. The molecule has 3 N–H and O–H groups in total. The van der Waals surface area contributed by atoms with Crippen LogP contribution < -0.4 is 10.6 Å². The molecule has 0 saturated heterocycles. The monoisotopic (exact) mass is 342 g/mol. The lowest BCUT2D eigenvalue weighted by molar-refractivity contribution is -0.138. The summed E-state index contributed by atoms with van der Waals surface area (Å²) >= 11 is 0. The molecule has 8 heteroatoms. The summed E-state index contributed by atoms with van der Waals surface area (Å²) in [6.45, 7) is -0.852. The van der Waals surface area contributed by atoms with Crippen molar-refractivity contribution in [2.45, 2.75) is 12.7 Å². The fourth-order valence-electron chi connectivity index (χ4n) is 2.07. The Morgan fingerprint density at radius 2 is 1.79 bits per heavy atom. The lowest BCUT2D eigenvalue weighted by Crippen LogP contribution is -2.15. The van der Waals surface area contributed by atoms with Gasteiger partial charge in [-0.3, -0.25) is 4.79 Å². The minimum atomic E-state index is -4.66. The van der Waals surface area contributed by atoms with Gasteiger partial charge in [-0.05, 0) is 35.9 Å². The summed E-state index contributed by atoms with van der Waals surface area (Å²) in [5, 5.41) is 13.9. The molecule has 2 aromatic rings. The number of carbonyl (C=O) groups is 1. The van der Waals surface area contributed by atoms with E-state index in [1.165, 1.54) is 6.07 Å². The van der Waals surface area contributed by atoms with Crippen LogP contribution in [0.5, 0.6) is 0 Å². The van der Waals surface area contributed by atoms with Crippen molar-refractivity contribution in [2.75, 3.05) is 17.2 Å². The number of alkyl halides is 3. The molecule has 0 radical (unpaired) electrons. The molecule has 2 aromatic carbocycles. The Bertz CT molecular complexity index is 732. The number of amides is 1. The van der Waals surface area contributed by atoms with Crippen molar-refractivity contribution >= 4 is 17.3 Å². The van der Waals surface area contributed by atoms with Crippen LogP contribution >= 0.6 is 0 Å². The van der Waals surface area contributed by atoms with E-state index in [1.54, 1.807) is 18.2 Å². The zero-order valence-electron chi connectivity index (χ0n) is 12.3. The Morgan fingerprint density at radius 3 is 2.46 bits per heavy atom. The molecule has 24 heavy (non-hydrogen) atoms. The zero-order chi connectivity index (χ0) is 17.7. The second-order valence-electron chi connectivity index (χ2n) is 4.94. The van der Waals surface area contributed by atoms with Crippen LogP contribution in [-0.4, -0.2) is 17.6 Å². The summed E-state index contributed by atoms with van der Waals surface area (Å²) in [7, 11) is 0. The van der Waals surface area contributed by atoms with Crippen LogP contribution in [0.4, 0.5) is 28.9 Å². The third kappa shape index (κ3) is 4.69. The first-order valence-corrected chi connectivity index (χ1v) is 6.90. The van der Waals surface area contributed by atoms with Crippen molar-refractivity contribution in [1.82, 2.24) is 0 Å². The van der Waals surface area contributed by atoms with E-state index in [4.69, 9.17) is 5.11 Å². The van der Waals surface area contributed by atoms with Crippen molar-refractivity contribution in [2.24, 2.45) is 0 Å². The Morgan fingerprint density at radius 1 is 1.08 bits per heavy atom. The highest BCUT2D eigenvalue weighted by Crippen LogP contribution is 2.33. The van der Waals surface area contributed by atoms with Crippen LogP contribution in [0.1, 0.15) is 11.1 Å². The third-order valence-electron chi connectivity index (χ3n) is 3.15. The largest absolute Gasteiger partial charge is 0.416 e. The van der Waals surface area contributed by atoms with E-state index in [0.29, 0.717) is 17.4 Å². The Hall–Kier alpha value is -2.61. The molecule has 0 aliphatic heterocycles. The lowest BCUT2D eigenvalue weighted by atomic mass is 10.1. The molecule has 0 aliphatic rings. The van der Waals surface area contributed by atoms with Gasteiger partial charge in [-0.15, -0.1) is 0 Å². The van der Waals surface area contributed by atoms with Gasteiger partial charge in [-0.1, -0.05) is 12.1 Å². The first kappa shape index (κ1) is 17.7. The molecule has 0 heterocycles. The van der Waals surface area contributed by atoms with Gasteiger partial charge in [-0.25, -0.2) is 4.39 Å². The highest BCUT2D eigenvalue weighted by Gasteiger charge is 2.33. The fourth-order valence-corrected chi connectivity index (χ4v) is 2.07. The SMILES string of the molecule is O=C(CO)Nc1cccc(NCc2ccc(F)cc2C(F)(F)F)c1. The number of anilines is 2. The predicted octanol–water partition coefficient (Wildman–Crippen LogP) is 3.39. The van der Waals surface area contributed by atoms with E-state index >= 15 is 0 Å². The average Bonchev–Trinajstić information content (AvgIpc) is 2.53. The molecular weight excluding hydrogens is 328 g/mol. The van der Waals surface area contributed by atoms with Crippen molar-refractivity contribution in [3.63, 3.8) is 0 Å². The van der Waals surface area contributed by atoms with Gasteiger partial charge in [-0.2, -0.15) is 13.2 Å². The van der Waals surface area contributed by atoms with Crippen molar-refractivity contribution < 1.29 is 27.5 Å². The summed E-state index contributed by atoms with van der Waals surface area (Å²) in [4.78, 5) is 11.1. The normalized spacial score (nSPS) is 11.2. The van der Waals surface area contributed by atoms with Crippen molar-refractivity contribution in [1.29, 1.82) is 0 Å². The second kappa shape index (κ2) is 7.31. The number of benzene rings is 2. The second-order valence-corrected chi connectivity index (χ2v) is 4.94. The Balaban J connectivity index is 2.14. The molecule has 4 nitrogen and oxygen atoms in total. The highest BCUT2D eigenvalue weighted by atomic mass is 19.4. The topological polar surface area (TPSA) is 61.4 Å². The standard InChI is InChI=1S/C16H14F4N2O2/c17-11-5-4-10(14(6-11)16(18,19)20)8-21-12-2-1-3-13(7-12)22-15(24)9-23/h1-7,21,23H,8-9H2,(H,22,24). The average molecular weight is 342 g/mol. The van der Waals surface area contributed by atoms with E-state index in [1.807, 2.05) is 0 Å². The maximum Gasteiger partial charge on any atom is 0.416 e. The molecule has 0 atom stereocenters. The molecule has 0 saturated carbocycles. The Kier molecular flexibility index (Phi) is 5.40. The van der Waals surface area contributed by atoms with Gasteiger partial charge in [0.25, 0.3) is 0 Å². The fraction of sp³-hybridized carbons (Fsp3) is 0.188. The molecule has 2 rings (SSSR count). The van der Waals surface area contributed by atoms with Crippen LogP contribution in [0.2, 0.25) is 0 Å². The maximum atomic E-state index is 13.1. The number of aliphatic hydroxyl groups excluding tert-OH is 1. The van der Waals surface area contributed by atoms with E-state index in [-0.39, 0.29) is 12.1 Å². The van der Waals surface area contributed by atoms with Crippen LogP contribution in [0, 0.1) is 5.82 Å². The van der Waals surface area contributed by atoms with E-state index in [9.17, 15) is 22.4 Å². The van der Waals surface area contributed by atoms with E-state index < -0.39 is 30.1 Å². The molecule has 0 aliphatic carbocycles. The van der Waals surface area contributed by atoms with Crippen LogP contribution in [0.15, 0.2) is 42.5 Å². The number of carbonyl (C=O) groups excluding carboxylic acids is 1. The van der Waals surface area contributed by atoms with Gasteiger partial charge in [0.15, 0.2) is 0 Å². The van der Waals surface area contributed by atoms with Gasteiger partial charge >= 0.3 is 6.18 Å². The van der Waals surface area contributed by atoms with Gasteiger partial charge in [0.05, 0.1) is 5.56 Å². The van der Waals surface area contributed by atoms with Crippen molar-refractivity contribution in [3.8, 4) is 0 Å². The smallest absolute Gasteiger partial charge is 0.387 e. The Labute approximate surface area is 135 Å². The van der Waals surface area contributed by atoms with Crippen LogP contribution in [-0.2, 0) is 17.5 Å². The molecular formula is C16H14F4N2O2. The molecule has 0 spiro atoms. The third-order valence-corrected chi connectivity index (χ3v) is 3.15. The highest BCUT2D eigenvalue weighted by molar-refractivity contribution is 5.91. The zero-order valence-corrected chi connectivity index (χ0v) is 12.3. The first-order chi connectivity index (χ1) is 11.3. The summed E-state index contributed by atoms with van der Waals surface area (Å²) in [5.41, 5.74) is -0.300. The first-order valence-electron chi connectivity index (χ1n) is 6.90. The van der Waals surface area contributed by atoms with Crippen LogP contribution in [0.3, 0.4) is 0 Å². The molecule has 0 fully saturated rings. The predicted molar refractivity (Wildman–Crippen MR) is 80.9 cm³/mol. The molecule has 0 bridgehead atoms. The minimum Gasteiger partial charge on any atom is -0.387 e. The van der Waals surface area contributed by atoms with Gasteiger partial charge in [0.1, 0.15) is 12.4 Å². The number of nitrogens with one attached hydrogen (secondary N) is 2. The number of halogens is 4. The van der Waals surface area contributed by atoms with Gasteiger partial charge in [0, 0.05) is 17.9 Å². The maximum absolute atomic E-state index is 13.1. The number of hydrogen-bond donors (Lipinski definition) is 3. The summed E-state index contributed by atoms with van der Waals surface area (Å²) < 4.78 is 51.9. The molecule has 0 unspecified atom stereocenters. The van der Waals surface area contributed by atoms with Gasteiger partial charge in [0.2, 0.25) is 5.91 Å². The summed E-state index contributed by atoms with van der Waals surface area (Å²) in [6.07, 6.45) is -4.66. The summed E-state index contributed by atoms with van der Waals surface area (Å²) in [6, 6.07) is 8.75. The summed E-state index contributed by atoms with van der Waals surface area (Å²) in [5.74, 6) is -1.56. The molecule has 1 amide bonds. The minimum absolute atomic E-state index is 0.103. The van der Waals surface area contributed by atoms with Crippen LogP contribution in [0.25, 0.3) is 0 Å². The van der Waals surface area contributed by atoms with Crippen molar-refractivity contribution in [3.05, 3.63) is 59.4 Å². The number of hydrogen-bond acceptors (Lipinski definition) is 3. The van der Waals surface area contributed by atoms with E-state index in [2.05, 4.69) is 10.6 Å². The van der Waals surface area contributed by atoms with E-state index in [0.717, 1.165) is 12.1 Å².